The molecule has 1 saturated heterocycles. The number of alkyl halides is 3. The Labute approximate surface area is 125 Å². The number of carbonyl (C=O) groups is 2. The van der Waals surface area contributed by atoms with Crippen LogP contribution in [0.3, 0.4) is 0 Å². The highest BCUT2D eigenvalue weighted by Crippen LogP contribution is 2.22. The average Bonchev–Trinajstić information content (AvgIpc) is 2.52. The zero-order valence-electron chi connectivity index (χ0n) is 11.8. The van der Waals surface area contributed by atoms with Crippen LogP contribution in [0.1, 0.15) is 23.2 Å². The smallest absolute Gasteiger partial charge is 0.339 e. The second-order valence-electron chi connectivity index (χ2n) is 5.03. The number of hydrogen-bond acceptors (Lipinski definition) is 3. The van der Waals surface area contributed by atoms with Crippen molar-refractivity contribution in [2.75, 3.05) is 26.2 Å². The van der Waals surface area contributed by atoms with Gasteiger partial charge in [-0.25, -0.2) is 0 Å². The molecule has 2 heterocycles. The molecule has 2 amide bonds. The van der Waals surface area contributed by atoms with Gasteiger partial charge in [0.25, 0.3) is 5.91 Å². The van der Waals surface area contributed by atoms with Crippen molar-refractivity contribution >= 4 is 11.8 Å². The van der Waals surface area contributed by atoms with E-state index < -0.39 is 24.9 Å². The Bertz CT molecular complexity index is 526. The molecule has 120 valence electrons. The molecule has 22 heavy (non-hydrogen) atoms. The molecule has 0 unspecified atom stereocenters. The van der Waals surface area contributed by atoms with Crippen LogP contribution in [0.15, 0.2) is 24.5 Å². The molecule has 0 radical (unpaired) electrons. The van der Waals surface area contributed by atoms with Gasteiger partial charge in [0.1, 0.15) is 0 Å². The first-order valence-corrected chi connectivity index (χ1v) is 6.90. The van der Waals surface area contributed by atoms with Crippen LogP contribution in [0.4, 0.5) is 13.2 Å². The fourth-order valence-corrected chi connectivity index (χ4v) is 2.24. The van der Waals surface area contributed by atoms with Crippen LogP contribution in [0, 0.1) is 0 Å². The van der Waals surface area contributed by atoms with Crippen LogP contribution in [0.5, 0.6) is 0 Å². The van der Waals surface area contributed by atoms with Crippen LogP contribution in [0.25, 0.3) is 0 Å². The summed E-state index contributed by atoms with van der Waals surface area (Å²) in [6.45, 7) is 1.13. The van der Waals surface area contributed by atoms with E-state index in [-0.39, 0.29) is 19.0 Å². The summed E-state index contributed by atoms with van der Waals surface area (Å²) in [5, 5.41) is 0. The Morgan fingerprint density at radius 3 is 2.32 bits per heavy atom. The Hall–Kier alpha value is -2.12. The van der Waals surface area contributed by atoms with Gasteiger partial charge in [-0.2, -0.15) is 13.2 Å². The number of aromatic nitrogens is 1. The number of halogens is 3. The summed E-state index contributed by atoms with van der Waals surface area (Å²) in [6, 6.07) is 3.31. The lowest BCUT2D eigenvalue weighted by Gasteiger charge is -2.34. The van der Waals surface area contributed by atoms with Gasteiger partial charge in [0.15, 0.2) is 0 Å². The molecular formula is C14H16F3N3O2. The molecule has 0 bridgehead atoms. The lowest BCUT2D eigenvalue weighted by Crippen LogP contribution is -2.50. The number of piperazine rings is 1. The quantitative estimate of drug-likeness (QED) is 0.853. The maximum Gasteiger partial charge on any atom is 0.389 e. The van der Waals surface area contributed by atoms with Crippen molar-refractivity contribution in [3.8, 4) is 0 Å². The number of rotatable bonds is 3. The number of carbonyl (C=O) groups excluding carboxylic acids is 2. The first kappa shape index (κ1) is 16.3. The average molecular weight is 315 g/mol. The molecule has 1 aromatic heterocycles. The molecule has 8 heteroatoms. The van der Waals surface area contributed by atoms with Gasteiger partial charge in [-0.05, 0) is 12.1 Å². The SMILES string of the molecule is O=C(CCC(F)(F)F)N1CCN(C(=O)c2cccnc2)CC1. The third-order valence-corrected chi connectivity index (χ3v) is 3.45. The normalized spacial score (nSPS) is 15.8. The Morgan fingerprint density at radius 1 is 1.14 bits per heavy atom. The molecule has 2 rings (SSSR count). The minimum Gasteiger partial charge on any atom is -0.339 e. The first-order chi connectivity index (χ1) is 10.4. The second-order valence-corrected chi connectivity index (χ2v) is 5.03. The standard InChI is InChI=1S/C14H16F3N3O2/c15-14(16,17)4-3-12(21)19-6-8-20(9-7-19)13(22)11-2-1-5-18-10-11/h1-2,5,10H,3-4,6-9H2. The zero-order valence-corrected chi connectivity index (χ0v) is 11.8. The molecule has 1 aromatic rings. The molecule has 0 N–H and O–H groups in total. The fourth-order valence-electron chi connectivity index (χ4n) is 2.24. The molecule has 5 nitrogen and oxygen atoms in total. The molecule has 1 fully saturated rings. The van der Waals surface area contributed by atoms with Crippen LogP contribution in [0.2, 0.25) is 0 Å². The maximum absolute atomic E-state index is 12.2. The van der Waals surface area contributed by atoms with Crippen molar-refractivity contribution in [1.82, 2.24) is 14.8 Å². The van der Waals surface area contributed by atoms with E-state index in [1.165, 1.54) is 11.1 Å². The lowest BCUT2D eigenvalue weighted by atomic mass is 10.2. The predicted molar refractivity (Wildman–Crippen MR) is 72.0 cm³/mol. The zero-order chi connectivity index (χ0) is 16.2. The van der Waals surface area contributed by atoms with Crippen molar-refractivity contribution in [2.24, 2.45) is 0 Å². The fraction of sp³-hybridized carbons (Fsp3) is 0.500. The van der Waals surface area contributed by atoms with Crippen LogP contribution >= 0.6 is 0 Å². The number of pyridine rings is 1. The molecular weight excluding hydrogens is 299 g/mol. The van der Waals surface area contributed by atoms with Crippen LogP contribution < -0.4 is 0 Å². The molecule has 0 saturated carbocycles. The summed E-state index contributed by atoms with van der Waals surface area (Å²) in [5.74, 6) is -0.707. The van der Waals surface area contributed by atoms with E-state index in [2.05, 4.69) is 4.98 Å². The molecule has 0 aromatic carbocycles. The van der Waals surface area contributed by atoms with Gasteiger partial charge < -0.3 is 9.80 Å². The maximum atomic E-state index is 12.2. The van der Waals surface area contributed by atoms with E-state index in [4.69, 9.17) is 0 Å². The number of amides is 2. The van der Waals surface area contributed by atoms with E-state index in [1.807, 2.05) is 0 Å². The highest BCUT2D eigenvalue weighted by Gasteiger charge is 2.30. The predicted octanol–water partition coefficient (Wildman–Crippen LogP) is 1.71. The third kappa shape index (κ3) is 4.44. The van der Waals surface area contributed by atoms with E-state index in [9.17, 15) is 22.8 Å². The highest BCUT2D eigenvalue weighted by molar-refractivity contribution is 5.94. The third-order valence-electron chi connectivity index (χ3n) is 3.45. The van der Waals surface area contributed by atoms with E-state index in [1.54, 1.807) is 23.2 Å². The van der Waals surface area contributed by atoms with E-state index in [0.717, 1.165) is 0 Å². The van der Waals surface area contributed by atoms with Crippen molar-refractivity contribution < 1.29 is 22.8 Å². The Balaban J connectivity index is 1.83. The van der Waals surface area contributed by atoms with Gasteiger partial charge in [0, 0.05) is 45.0 Å². The summed E-state index contributed by atoms with van der Waals surface area (Å²) < 4.78 is 36.3. The van der Waals surface area contributed by atoms with Gasteiger partial charge in [-0.15, -0.1) is 0 Å². The molecule has 1 aliphatic rings. The lowest BCUT2D eigenvalue weighted by molar-refractivity contribution is -0.149. The van der Waals surface area contributed by atoms with Gasteiger partial charge in [0.2, 0.25) is 5.91 Å². The summed E-state index contributed by atoms with van der Waals surface area (Å²) in [6.07, 6.45) is -2.95. The minimum absolute atomic E-state index is 0.185. The number of hydrogen-bond donors (Lipinski definition) is 0. The van der Waals surface area contributed by atoms with E-state index in [0.29, 0.717) is 18.7 Å². The first-order valence-electron chi connectivity index (χ1n) is 6.90. The summed E-state index contributed by atoms with van der Waals surface area (Å²) in [7, 11) is 0. The molecule has 0 spiro atoms. The monoisotopic (exact) mass is 315 g/mol. The van der Waals surface area contributed by atoms with Crippen molar-refractivity contribution in [1.29, 1.82) is 0 Å². The van der Waals surface area contributed by atoms with Crippen molar-refractivity contribution in [2.45, 2.75) is 19.0 Å². The Morgan fingerprint density at radius 2 is 1.77 bits per heavy atom. The minimum atomic E-state index is -4.33. The van der Waals surface area contributed by atoms with Crippen LogP contribution in [-0.4, -0.2) is 59.0 Å². The van der Waals surface area contributed by atoms with Gasteiger partial charge in [-0.1, -0.05) is 0 Å². The Kier molecular flexibility index (Phi) is 4.99. The van der Waals surface area contributed by atoms with E-state index >= 15 is 0 Å². The summed E-state index contributed by atoms with van der Waals surface area (Å²) >= 11 is 0. The topological polar surface area (TPSA) is 53.5 Å². The van der Waals surface area contributed by atoms with Gasteiger partial charge in [-0.3, -0.25) is 14.6 Å². The largest absolute Gasteiger partial charge is 0.389 e. The molecule has 0 atom stereocenters. The van der Waals surface area contributed by atoms with Gasteiger partial charge >= 0.3 is 6.18 Å². The van der Waals surface area contributed by atoms with Crippen molar-refractivity contribution in [3.05, 3.63) is 30.1 Å². The molecule has 1 aliphatic heterocycles. The number of nitrogens with zero attached hydrogens (tertiary/aromatic N) is 3. The molecule has 0 aliphatic carbocycles. The van der Waals surface area contributed by atoms with Crippen LogP contribution in [-0.2, 0) is 4.79 Å². The van der Waals surface area contributed by atoms with Gasteiger partial charge in [0.05, 0.1) is 12.0 Å². The van der Waals surface area contributed by atoms with Crippen molar-refractivity contribution in [3.63, 3.8) is 0 Å². The summed E-state index contributed by atoms with van der Waals surface area (Å²) in [5.41, 5.74) is 0.458. The second kappa shape index (κ2) is 6.76. The highest BCUT2D eigenvalue weighted by atomic mass is 19.4. The summed E-state index contributed by atoms with van der Waals surface area (Å²) in [4.78, 5) is 30.7.